The van der Waals surface area contributed by atoms with E-state index in [1.165, 1.54) is 6.07 Å². The molecule has 1 atom stereocenters. The van der Waals surface area contributed by atoms with Gasteiger partial charge in [0.1, 0.15) is 23.2 Å². The smallest absolute Gasteiger partial charge is 0.259 e. The molecule has 0 saturated carbocycles. The van der Waals surface area contributed by atoms with E-state index in [0.717, 1.165) is 49.2 Å². The number of aromatic nitrogens is 4. The van der Waals surface area contributed by atoms with Crippen LogP contribution in [0.2, 0.25) is 0 Å². The first-order chi connectivity index (χ1) is 17.6. The fourth-order valence-corrected chi connectivity index (χ4v) is 5.24. The molecule has 0 spiro atoms. The zero-order valence-electron chi connectivity index (χ0n) is 19.9. The van der Waals surface area contributed by atoms with Crippen molar-refractivity contribution in [3.63, 3.8) is 0 Å². The van der Waals surface area contributed by atoms with Crippen LogP contribution >= 0.6 is 0 Å². The minimum absolute atomic E-state index is 0.0603. The molecule has 0 radical (unpaired) electrons. The second kappa shape index (κ2) is 9.42. The minimum Gasteiger partial charge on any atom is -0.381 e. The van der Waals surface area contributed by atoms with Crippen molar-refractivity contribution in [3.05, 3.63) is 58.7 Å². The summed E-state index contributed by atoms with van der Waals surface area (Å²) in [6.07, 6.45) is 4.32. The summed E-state index contributed by atoms with van der Waals surface area (Å²) in [6, 6.07) is 8.24. The Morgan fingerprint density at radius 3 is 2.86 bits per heavy atom. The number of ether oxygens (including phenoxy) is 1. The Kier molecular flexibility index (Phi) is 5.96. The molecule has 5 heterocycles. The fourth-order valence-electron chi connectivity index (χ4n) is 5.24. The van der Waals surface area contributed by atoms with Gasteiger partial charge in [0.2, 0.25) is 5.91 Å². The number of halogens is 1. The number of anilines is 1. The highest BCUT2D eigenvalue weighted by atomic mass is 19.1. The summed E-state index contributed by atoms with van der Waals surface area (Å²) < 4.78 is 22.3. The molecule has 1 N–H and O–H groups in total. The summed E-state index contributed by atoms with van der Waals surface area (Å²) in [5.74, 6) is 0.679. The molecular formula is C26H27FN6O3. The molecule has 0 unspecified atom stereocenters. The number of benzene rings is 1. The van der Waals surface area contributed by atoms with Crippen molar-refractivity contribution in [3.8, 4) is 11.5 Å². The highest BCUT2D eigenvalue weighted by Gasteiger charge is 2.31. The lowest BCUT2D eigenvalue weighted by Gasteiger charge is -2.31. The predicted molar refractivity (Wildman–Crippen MR) is 129 cm³/mol. The Morgan fingerprint density at radius 1 is 1.08 bits per heavy atom. The highest BCUT2D eigenvalue weighted by Crippen LogP contribution is 2.27. The number of hydrogen-bond acceptors (Lipinski definition) is 6. The summed E-state index contributed by atoms with van der Waals surface area (Å²) >= 11 is 0. The van der Waals surface area contributed by atoms with Gasteiger partial charge in [-0.3, -0.25) is 9.59 Å². The molecule has 3 aromatic rings. The Morgan fingerprint density at radius 2 is 2.00 bits per heavy atom. The Hall–Kier alpha value is -3.66. The van der Waals surface area contributed by atoms with Crippen LogP contribution in [0.15, 0.2) is 30.3 Å². The van der Waals surface area contributed by atoms with Crippen LogP contribution in [0.1, 0.15) is 46.6 Å². The quantitative estimate of drug-likeness (QED) is 0.603. The topological polar surface area (TPSA) is 102 Å². The average Bonchev–Trinajstić information content (AvgIpc) is 3.58. The van der Waals surface area contributed by atoms with Gasteiger partial charge in [-0.1, -0.05) is 6.07 Å². The number of hydrogen-bond donors (Lipinski definition) is 1. The molecule has 1 aromatic carbocycles. The van der Waals surface area contributed by atoms with Gasteiger partial charge < -0.3 is 19.5 Å². The van der Waals surface area contributed by atoms with Gasteiger partial charge in [0.15, 0.2) is 5.82 Å². The summed E-state index contributed by atoms with van der Waals surface area (Å²) in [5, 5.41) is 11.3. The summed E-state index contributed by atoms with van der Waals surface area (Å²) in [4.78, 5) is 32.2. The summed E-state index contributed by atoms with van der Waals surface area (Å²) in [7, 11) is 0. The number of pyridine rings is 1. The average molecular weight is 491 g/mol. The van der Waals surface area contributed by atoms with Crippen LogP contribution in [-0.2, 0) is 35.5 Å². The number of rotatable bonds is 4. The van der Waals surface area contributed by atoms with Gasteiger partial charge in [-0.25, -0.2) is 9.37 Å². The van der Waals surface area contributed by atoms with E-state index < -0.39 is 11.7 Å². The zero-order valence-corrected chi connectivity index (χ0v) is 19.9. The van der Waals surface area contributed by atoms with Crippen molar-refractivity contribution in [2.75, 3.05) is 25.1 Å². The van der Waals surface area contributed by atoms with E-state index in [-0.39, 0.29) is 17.4 Å². The van der Waals surface area contributed by atoms with Crippen LogP contribution in [0.5, 0.6) is 0 Å². The minimum atomic E-state index is -0.587. The molecule has 1 fully saturated rings. The SMILES string of the molecule is O=C(Nc1cccc(-c2nnc3n2CCCC3)n1)c1cc2c(cc1F)CCN(C(=O)[C@@H]1CCOC1)C2. The van der Waals surface area contributed by atoms with E-state index in [1.54, 1.807) is 23.1 Å². The molecule has 9 nitrogen and oxygen atoms in total. The molecule has 0 aliphatic carbocycles. The van der Waals surface area contributed by atoms with Gasteiger partial charge >= 0.3 is 0 Å². The summed E-state index contributed by atoms with van der Waals surface area (Å²) in [6.45, 7) is 2.78. The monoisotopic (exact) mass is 490 g/mol. The first-order valence-electron chi connectivity index (χ1n) is 12.5. The van der Waals surface area contributed by atoms with Crippen LogP contribution in [0.4, 0.5) is 10.2 Å². The van der Waals surface area contributed by atoms with E-state index in [4.69, 9.17) is 4.74 Å². The van der Waals surface area contributed by atoms with Crippen molar-refractivity contribution in [2.24, 2.45) is 5.92 Å². The van der Waals surface area contributed by atoms with E-state index in [2.05, 4.69) is 25.1 Å². The molecule has 36 heavy (non-hydrogen) atoms. The fraction of sp³-hybridized carbons (Fsp3) is 0.423. The van der Waals surface area contributed by atoms with Crippen LogP contribution < -0.4 is 5.32 Å². The maximum Gasteiger partial charge on any atom is 0.259 e. The van der Waals surface area contributed by atoms with E-state index in [0.29, 0.717) is 50.1 Å². The number of nitrogens with one attached hydrogen (secondary N) is 1. The standard InChI is InChI=1S/C26H27FN6O3/c27-20-13-16-7-10-32(26(35)17-8-11-36-15-17)14-18(16)12-19(20)25(34)29-22-5-3-4-21(28-22)24-31-30-23-6-1-2-9-33(23)24/h3-5,12-13,17H,1-2,6-11,14-15H2,(H,28,29,34)/t17-/m1/s1. The van der Waals surface area contributed by atoms with Crippen LogP contribution in [0, 0.1) is 11.7 Å². The van der Waals surface area contributed by atoms with Crippen molar-refractivity contribution in [1.29, 1.82) is 0 Å². The van der Waals surface area contributed by atoms with Crippen molar-refractivity contribution in [1.82, 2.24) is 24.6 Å². The van der Waals surface area contributed by atoms with Crippen molar-refractivity contribution in [2.45, 2.75) is 45.2 Å². The Bertz CT molecular complexity index is 1330. The molecule has 1 saturated heterocycles. The lowest BCUT2D eigenvalue weighted by atomic mass is 9.95. The first-order valence-corrected chi connectivity index (χ1v) is 12.5. The maximum atomic E-state index is 14.9. The predicted octanol–water partition coefficient (Wildman–Crippen LogP) is 2.99. The zero-order chi connectivity index (χ0) is 24.6. The third kappa shape index (κ3) is 4.26. The van der Waals surface area contributed by atoms with E-state index in [1.807, 2.05) is 6.07 Å². The number of fused-ring (bicyclic) bond motifs is 2. The molecule has 3 aliphatic rings. The molecule has 0 bridgehead atoms. The summed E-state index contributed by atoms with van der Waals surface area (Å²) in [5.41, 5.74) is 2.15. The number of carbonyl (C=O) groups excluding carboxylic acids is 2. The molecule has 6 rings (SSSR count). The first kappa shape index (κ1) is 22.8. The van der Waals surface area contributed by atoms with Crippen molar-refractivity contribution < 1.29 is 18.7 Å². The second-order valence-corrected chi connectivity index (χ2v) is 9.58. The van der Waals surface area contributed by atoms with Gasteiger partial charge in [0.25, 0.3) is 5.91 Å². The van der Waals surface area contributed by atoms with E-state index >= 15 is 0 Å². The third-order valence-corrected chi connectivity index (χ3v) is 7.22. The second-order valence-electron chi connectivity index (χ2n) is 9.58. The van der Waals surface area contributed by atoms with Gasteiger partial charge in [-0.2, -0.15) is 0 Å². The molecular weight excluding hydrogens is 463 g/mol. The largest absolute Gasteiger partial charge is 0.381 e. The van der Waals surface area contributed by atoms with Crippen LogP contribution in [0.3, 0.4) is 0 Å². The Balaban J connectivity index is 1.21. The normalized spacial score (nSPS) is 19.0. The molecule has 10 heteroatoms. The number of amides is 2. The van der Waals surface area contributed by atoms with Crippen LogP contribution in [0.25, 0.3) is 11.5 Å². The number of carbonyl (C=O) groups is 2. The third-order valence-electron chi connectivity index (χ3n) is 7.22. The van der Waals surface area contributed by atoms with Crippen LogP contribution in [-0.4, -0.2) is 56.2 Å². The van der Waals surface area contributed by atoms with Gasteiger partial charge in [-0.15, -0.1) is 10.2 Å². The van der Waals surface area contributed by atoms with E-state index in [9.17, 15) is 14.0 Å². The van der Waals surface area contributed by atoms with Gasteiger partial charge in [0, 0.05) is 32.7 Å². The lowest BCUT2D eigenvalue weighted by molar-refractivity contribution is -0.136. The maximum absolute atomic E-state index is 14.9. The number of aryl methyl sites for hydroxylation is 1. The highest BCUT2D eigenvalue weighted by molar-refractivity contribution is 6.04. The number of nitrogens with zero attached hydrogens (tertiary/aromatic N) is 5. The lowest BCUT2D eigenvalue weighted by Crippen LogP contribution is -2.40. The molecule has 186 valence electrons. The Labute approximate surface area is 207 Å². The van der Waals surface area contributed by atoms with Gasteiger partial charge in [0.05, 0.1) is 18.1 Å². The van der Waals surface area contributed by atoms with Crippen molar-refractivity contribution >= 4 is 17.6 Å². The molecule has 3 aliphatic heterocycles. The molecule has 2 amide bonds. The van der Waals surface area contributed by atoms with Gasteiger partial charge in [-0.05, 0) is 61.1 Å². The molecule has 2 aromatic heterocycles.